The molecule has 2 heterocycles. The fraction of sp³-hybridized carbons (Fsp3) is 0.455. The Labute approximate surface area is 86.9 Å². The Balaban J connectivity index is 2.12. The van der Waals surface area contributed by atoms with Crippen molar-refractivity contribution < 1.29 is 14.6 Å². The predicted octanol–water partition coefficient (Wildman–Crippen LogP) is 1.59. The molecule has 0 atom stereocenters. The van der Waals surface area contributed by atoms with Crippen LogP contribution in [0.25, 0.3) is 0 Å². The van der Waals surface area contributed by atoms with Crippen molar-refractivity contribution in [2.24, 2.45) is 0 Å². The van der Waals surface area contributed by atoms with E-state index in [2.05, 4.69) is 4.98 Å². The molecule has 1 aromatic heterocycles. The second kappa shape index (κ2) is 2.72. The molecule has 3 rings (SSSR count). The number of rotatable bonds is 1. The van der Waals surface area contributed by atoms with Gasteiger partial charge in [0.05, 0.1) is 12.2 Å². The molecular formula is C11H11NO3. The van der Waals surface area contributed by atoms with Crippen LogP contribution in [0, 0.1) is 0 Å². The maximum atomic E-state index is 10.8. The molecule has 1 fully saturated rings. The molecule has 78 valence electrons. The highest BCUT2D eigenvalue weighted by Gasteiger charge is 2.48. The molecular weight excluding hydrogens is 194 g/mol. The molecule has 1 spiro atoms. The molecule has 0 amide bonds. The van der Waals surface area contributed by atoms with Gasteiger partial charge in [-0.2, -0.15) is 0 Å². The summed E-state index contributed by atoms with van der Waals surface area (Å²) in [5, 5.41) is 8.90. The average molecular weight is 205 g/mol. The van der Waals surface area contributed by atoms with Crippen LogP contribution in [-0.4, -0.2) is 22.7 Å². The van der Waals surface area contributed by atoms with Crippen LogP contribution < -0.4 is 4.74 Å². The summed E-state index contributed by atoms with van der Waals surface area (Å²) >= 11 is 0. The second-order valence-electron chi connectivity index (χ2n) is 4.26. The summed E-state index contributed by atoms with van der Waals surface area (Å²) in [6.07, 6.45) is 4.62. The Kier molecular flexibility index (Phi) is 1.58. The first-order chi connectivity index (χ1) is 7.21. The minimum atomic E-state index is -0.924. The van der Waals surface area contributed by atoms with Gasteiger partial charge in [-0.1, -0.05) is 0 Å². The topological polar surface area (TPSA) is 59.4 Å². The zero-order valence-corrected chi connectivity index (χ0v) is 8.19. The smallest absolute Gasteiger partial charge is 0.337 e. The number of aromatic carboxylic acids is 1. The van der Waals surface area contributed by atoms with Crippen molar-refractivity contribution >= 4 is 5.97 Å². The van der Waals surface area contributed by atoms with Gasteiger partial charge in [0.2, 0.25) is 5.88 Å². The van der Waals surface area contributed by atoms with Crippen molar-refractivity contribution in [3.8, 4) is 5.88 Å². The van der Waals surface area contributed by atoms with E-state index in [1.54, 1.807) is 6.07 Å². The highest BCUT2D eigenvalue weighted by molar-refractivity contribution is 5.87. The third-order valence-corrected chi connectivity index (χ3v) is 3.34. The summed E-state index contributed by atoms with van der Waals surface area (Å²) in [4.78, 5) is 14.9. The number of nitrogens with zero attached hydrogens (tertiary/aromatic N) is 1. The quantitative estimate of drug-likeness (QED) is 0.756. The minimum Gasteiger partial charge on any atom is -0.478 e. The standard InChI is InChI=1S/C11H11NO3/c13-10(14)7-5-8-9(12-6-7)15-4-3-11(8)1-2-11/h5-6H,1-4H2,(H,13,14). The van der Waals surface area contributed by atoms with Crippen molar-refractivity contribution in [3.05, 3.63) is 23.4 Å². The molecule has 1 N–H and O–H groups in total. The van der Waals surface area contributed by atoms with Crippen LogP contribution in [0.3, 0.4) is 0 Å². The molecule has 0 unspecified atom stereocenters. The van der Waals surface area contributed by atoms with Crippen molar-refractivity contribution in [2.45, 2.75) is 24.7 Å². The number of carboxylic acids is 1. The molecule has 1 aliphatic heterocycles. The molecule has 0 aromatic carbocycles. The summed E-state index contributed by atoms with van der Waals surface area (Å²) < 4.78 is 5.43. The van der Waals surface area contributed by atoms with Gasteiger partial charge in [0.1, 0.15) is 0 Å². The van der Waals surface area contributed by atoms with Crippen LogP contribution in [0.5, 0.6) is 5.88 Å². The van der Waals surface area contributed by atoms with Gasteiger partial charge in [0, 0.05) is 17.2 Å². The van der Waals surface area contributed by atoms with Gasteiger partial charge in [0.15, 0.2) is 0 Å². The monoisotopic (exact) mass is 205 g/mol. The van der Waals surface area contributed by atoms with E-state index in [0.717, 1.165) is 24.8 Å². The van der Waals surface area contributed by atoms with Gasteiger partial charge >= 0.3 is 5.97 Å². The number of hydrogen-bond acceptors (Lipinski definition) is 3. The van der Waals surface area contributed by atoms with E-state index in [0.29, 0.717) is 12.5 Å². The number of aromatic nitrogens is 1. The van der Waals surface area contributed by atoms with E-state index >= 15 is 0 Å². The van der Waals surface area contributed by atoms with Gasteiger partial charge in [-0.25, -0.2) is 9.78 Å². The summed E-state index contributed by atoms with van der Waals surface area (Å²) in [7, 11) is 0. The normalized spacial score (nSPS) is 20.5. The molecule has 0 bridgehead atoms. The fourth-order valence-electron chi connectivity index (χ4n) is 2.21. The summed E-state index contributed by atoms with van der Waals surface area (Å²) in [6.45, 7) is 0.701. The zero-order valence-electron chi connectivity index (χ0n) is 8.19. The Hall–Kier alpha value is -1.58. The molecule has 1 aromatic rings. The molecule has 15 heavy (non-hydrogen) atoms. The first-order valence-electron chi connectivity index (χ1n) is 5.08. The molecule has 1 saturated carbocycles. The fourth-order valence-corrected chi connectivity index (χ4v) is 2.21. The Bertz CT molecular complexity index is 437. The summed E-state index contributed by atoms with van der Waals surface area (Å²) in [6, 6.07) is 1.72. The largest absolute Gasteiger partial charge is 0.478 e. The number of carboxylic acid groups (broad SMARTS) is 1. The zero-order chi connectivity index (χ0) is 10.5. The minimum absolute atomic E-state index is 0.187. The molecule has 4 nitrogen and oxygen atoms in total. The van der Waals surface area contributed by atoms with Gasteiger partial charge in [-0.05, 0) is 25.3 Å². The van der Waals surface area contributed by atoms with E-state index in [4.69, 9.17) is 9.84 Å². The van der Waals surface area contributed by atoms with Crippen LogP contribution in [0.15, 0.2) is 12.3 Å². The lowest BCUT2D eigenvalue weighted by molar-refractivity contribution is 0.0696. The first-order valence-corrected chi connectivity index (χ1v) is 5.08. The van der Waals surface area contributed by atoms with Gasteiger partial charge in [0.25, 0.3) is 0 Å². The Morgan fingerprint density at radius 2 is 2.27 bits per heavy atom. The Morgan fingerprint density at radius 3 is 2.93 bits per heavy atom. The van der Waals surface area contributed by atoms with E-state index < -0.39 is 5.97 Å². The number of hydrogen-bond donors (Lipinski definition) is 1. The lowest BCUT2D eigenvalue weighted by Gasteiger charge is -2.24. The molecule has 0 radical (unpaired) electrons. The highest BCUT2D eigenvalue weighted by Crippen LogP contribution is 2.55. The number of ether oxygens (including phenoxy) is 1. The highest BCUT2D eigenvalue weighted by atomic mass is 16.5. The van der Waals surface area contributed by atoms with Gasteiger partial charge < -0.3 is 9.84 Å². The number of carbonyl (C=O) groups is 1. The number of pyridine rings is 1. The third-order valence-electron chi connectivity index (χ3n) is 3.34. The predicted molar refractivity (Wildman–Crippen MR) is 52.2 cm³/mol. The second-order valence-corrected chi connectivity index (χ2v) is 4.26. The average Bonchev–Trinajstić information content (AvgIpc) is 2.99. The molecule has 1 aliphatic carbocycles. The van der Waals surface area contributed by atoms with E-state index in [9.17, 15) is 4.79 Å². The van der Waals surface area contributed by atoms with Gasteiger partial charge in [-0.3, -0.25) is 0 Å². The van der Waals surface area contributed by atoms with E-state index in [1.807, 2.05) is 0 Å². The van der Waals surface area contributed by atoms with Crippen molar-refractivity contribution in [2.75, 3.05) is 6.61 Å². The maximum Gasteiger partial charge on any atom is 0.337 e. The molecule has 2 aliphatic rings. The maximum absolute atomic E-state index is 10.8. The van der Waals surface area contributed by atoms with Crippen LogP contribution >= 0.6 is 0 Å². The summed E-state index contributed by atoms with van der Waals surface area (Å²) in [5.74, 6) is -0.296. The van der Waals surface area contributed by atoms with E-state index in [1.165, 1.54) is 6.20 Å². The SMILES string of the molecule is O=C(O)c1cnc2c(c1)C1(CCO2)CC1. The van der Waals surface area contributed by atoms with Crippen LogP contribution in [0.2, 0.25) is 0 Å². The van der Waals surface area contributed by atoms with Crippen molar-refractivity contribution in [1.82, 2.24) is 4.98 Å². The lowest BCUT2D eigenvalue weighted by atomic mass is 9.91. The Morgan fingerprint density at radius 1 is 1.47 bits per heavy atom. The molecule has 4 heteroatoms. The lowest BCUT2D eigenvalue weighted by Crippen LogP contribution is -2.21. The number of fused-ring (bicyclic) bond motifs is 2. The van der Waals surface area contributed by atoms with Crippen molar-refractivity contribution in [1.29, 1.82) is 0 Å². The van der Waals surface area contributed by atoms with Crippen LogP contribution in [0.4, 0.5) is 0 Å². The molecule has 0 saturated heterocycles. The van der Waals surface area contributed by atoms with Crippen molar-refractivity contribution in [3.63, 3.8) is 0 Å². The third kappa shape index (κ3) is 1.21. The van der Waals surface area contributed by atoms with Crippen LogP contribution in [0.1, 0.15) is 35.2 Å². The van der Waals surface area contributed by atoms with Gasteiger partial charge in [-0.15, -0.1) is 0 Å². The van der Waals surface area contributed by atoms with E-state index in [-0.39, 0.29) is 11.0 Å². The first kappa shape index (κ1) is 8.71. The summed E-state index contributed by atoms with van der Waals surface area (Å²) in [5.41, 5.74) is 1.44. The van der Waals surface area contributed by atoms with Crippen LogP contribution in [-0.2, 0) is 5.41 Å².